The van der Waals surface area contributed by atoms with Gasteiger partial charge in [-0.25, -0.2) is 0 Å². The Labute approximate surface area is 115 Å². The fraction of sp³-hybridized carbons (Fsp3) is 1.00. The number of nitrogens with zero attached hydrogens (tertiary/aromatic N) is 1. The summed E-state index contributed by atoms with van der Waals surface area (Å²) in [6, 6.07) is 1.49. The molecule has 0 radical (unpaired) electrons. The van der Waals surface area contributed by atoms with E-state index in [4.69, 9.17) is 0 Å². The van der Waals surface area contributed by atoms with Crippen molar-refractivity contribution in [1.82, 2.24) is 10.2 Å². The molecule has 0 heterocycles. The smallest absolute Gasteiger partial charge is 0.0107 e. The van der Waals surface area contributed by atoms with Gasteiger partial charge in [0, 0.05) is 18.6 Å². The number of nitrogens with one attached hydrogen (secondary N) is 1. The zero-order chi connectivity index (χ0) is 13.4. The molecule has 1 rings (SSSR count). The monoisotopic (exact) mass is 254 g/mol. The molecule has 0 spiro atoms. The van der Waals surface area contributed by atoms with Gasteiger partial charge in [0.05, 0.1) is 0 Å². The van der Waals surface area contributed by atoms with Gasteiger partial charge in [-0.1, -0.05) is 33.1 Å². The lowest BCUT2D eigenvalue weighted by Crippen LogP contribution is -2.43. The lowest BCUT2D eigenvalue weighted by atomic mass is 9.93. The van der Waals surface area contributed by atoms with Gasteiger partial charge in [0.15, 0.2) is 0 Å². The maximum absolute atomic E-state index is 3.80. The van der Waals surface area contributed by atoms with Crippen LogP contribution in [-0.4, -0.2) is 37.1 Å². The van der Waals surface area contributed by atoms with E-state index in [-0.39, 0.29) is 0 Å². The van der Waals surface area contributed by atoms with Crippen LogP contribution in [0.3, 0.4) is 0 Å². The summed E-state index contributed by atoms with van der Waals surface area (Å²) in [6.45, 7) is 9.38. The van der Waals surface area contributed by atoms with Gasteiger partial charge in [0.25, 0.3) is 0 Å². The number of hydrogen-bond acceptors (Lipinski definition) is 2. The second kappa shape index (κ2) is 8.92. The summed E-state index contributed by atoms with van der Waals surface area (Å²) in [5.41, 5.74) is 0. The third kappa shape index (κ3) is 5.27. The minimum Gasteiger partial charge on any atom is -0.314 e. The molecule has 1 N–H and O–H groups in total. The molecule has 0 amide bonds. The van der Waals surface area contributed by atoms with E-state index in [9.17, 15) is 0 Å². The topological polar surface area (TPSA) is 15.3 Å². The zero-order valence-electron chi connectivity index (χ0n) is 13.0. The molecule has 3 unspecified atom stereocenters. The highest BCUT2D eigenvalue weighted by atomic mass is 15.1. The van der Waals surface area contributed by atoms with Crippen molar-refractivity contribution >= 4 is 0 Å². The summed E-state index contributed by atoms with van der Waals surface area (Å²) >= 11 is 0. The van der Waals surface area contributed by atoms with Crippen molar-refractivity contribution < 1.29 is 0 Å². The van der Waals surface area contributed by atoms with E-state index in [1.165, 1.54) is 58.0 Å². The standard InChI is InChI=1S/C16H34N2/c1-5-12-17-16-11-9-7-8-10-15(16)13-18(4)14(3)6-2/h14-17H,5-13H2,1-4H3. The Hall–Kier alpha value is -0.0800. The molecule has 2 nitrogen and oxygen atoms in total. The molecule has 0 aromatic carbocycles. The molecular formula is C16H34N2. The number of hydrogen-bond donors (Lipinski definition) is 1. The molecule has 1 aliphatic carbocycles. The maximum atomic E-state index is 3.80. The van der Waals surface area contributed by atoms with Crippen molar-refractivity contribution in [3.8, 4) is 0 Å². The normalized spacial score (nSPS) is 27.2. The third-order valence-corrected chi connectivity index (χ3v) is 4.68. The van der Waals surface area contributed by atoms with E-state index in [0.29, 0.717) is 0 Å². The van der Waals surface area contributed by atoms with E-state index in [1.54, 1.807) is 0 Å². The van der Waals surface area contributed by atoms with Gasteiger partial charge in [-0.15, -0.1) is 0 Å². The lowest BCUT2D eigenvalue weighted by Gasteiger charge is -2.33. The van der Waals surface area contributed by atoms with Gasteiger partial charge in [0.1, 0.15) is 0 Å². The molecule has 0 aromatic heterocycles. The Morgan fingerprint density at radius 2 is 1.89 bits per heavy atom. The van der Waals surface area contributed by atoms with Crippen LogP contribution < -0.4 is 5.32 Å². The van der Waals surface area contributed by atoms with Crippen LogP contribution in [0.5, 0.6) is 0 Å². The van der Waals surface area contributed by atoms with Gasteiger partial charge < -0.3 is 10.2 Å². The van der Waals surface area contributed by atoms with Gasteiger partial charge in [-0.3, -0.25) is 0 Å². The Balaban J connectivity index is 2.50. The van der Waals surface area contributed by atoms with Crippen LogP contribution >= 0.6 is 0 Å². The zero-order valence-corrected chi connectivity index (χ0v) is 13.0. The summed E-state index contributed by atoms with van der Waals surface area (Å²) in [4.78, 5) is 2.57. The van der Waals surface area contributed by atoms with Crippen LogP contribution in [0, 0.1) is 5.92 Å². The van der Waals surface area contributed by atoms with Crippen molar-refractivity contribution in [1.29, 1.82) is 0 Å². The van der Waals surface area contributed by atoms with Crippen molar-refractivity contribution in [2.45, 2.75) is 77.8 Å². The van der Waals surface area contributed by atoms with Crippen molar-refractivity contribution in [2.75, 3.05) is 20.1 Å². The first-order valence-corrected chi connectivity index (χ1v) is 8.12. The molecule has 2 heteroatoms. The van der Waals surface area contributed by atoms with Gasteiger partial charge in [0.2, 0.25) is 0 Å². The fourth-order valence-corrected chi connectivity index (χ4v) is 3.06. The quantitative estimate of drug-likeness (QED) is 0.697. The Kier molecular flexibility index (Phi) is 7.92. The average Bonchev–Trinajstić information content (AvgIpc) is 2.60. The predicted octanol–water partition coefficient (Wildman–Crippen LogP) is 3.67. The molecule has 18 heavy (non-hydrogen) atoms. The first-order chi connectivity index (χ1) is 8.69. The fourth-order valence-electron chi connectivity index (χ4n) is 3.06. The second-order valence-corrected chi connectivity index (χ2v) is 6.16. The minimum absolute atomic E-state index is 0.722. The predicted molar refractivity (Wildman–Crippen MR) is 81.0 cm³/mol. The SMILES string of the molecule is CCCNC1CCCCCC1CN(C)C(C)CC. The van der Waals surface area contributed by atoms with Crippen LogP contribution in [0.1, 0.15) is 65.7 Å². The van der Waals surface area contributed by atoms with Crippen LogP contribution in [0.15, 0.2) is 0 Å². The highest BCUT2D eigenvalue weighted by Crippen LogP contribution is 2.25. The van der Waals surface area contributed by atoms with E-state index >= 15 is 0 Å². The molecule has 3 atom stereocenters. The molecule has 0 aromatic rings. The van der Waals surface area contributed by atoms with Gasteiger partial charge in [-0.2, -0.15) is 0 Å². The molecule has 1 aliphatic rings. The van der Waals surface area contributed by atoms with Crippen LogP contribution in [0.2, 0.25) is 0 Å². The maximum Gasteiger partial charge on any atom is 0.0107 e. The van der Waals surface area contributed by atoms with E-state index in [2.05, 4.69) is 38.0 Å². The van der Waals surface area contributed by atoms with Gasteiger partial charge in [-0.05, 0) is 52.1 Å². The van der Waals surface area contributed by atoms with Crippen molar-refractivity contribution in [2.24, 2.45) is 5.92 Å². The summed E-state index contributed by atoms with van der Waals surface area (Å²) in [6.07, 6.45) is 9.62. The molecular weight excluding hydrogens is 220 g/mol. The minimum atomic E-state index is 0.722. The average molecular weight is 254 g/mol. The highest BCUT2D eigenvalue weighted by molar-refractivity contribution is 4.82. The number of rotatable bonds is 7. The molecule has 0 bridgehead atoms. The van der Waals surface area contributed by atoms with Crippen molar-refractivity contribution in [3.63, 3.8) is 0 Å². The Morgan fingerprint density at radius 1 is 1.17 bits per heavy atom. The molecule has 1 fully saturated rings. The molecule has 108 valence electrons. The molecule has 0 saturated heterocycles. The summed E-state index contributed by atoms with van der Waals surface area (Å²) in [5, 5.41) is 3.80. The summed E-state index contributed by atoms with van der Waals surface area (Å²) < 4.78 is 0. The lowest BCUT2D eigenvalue weighted by molar-refractivity contribution is 0.181. The van der Waals surface area contributed by atoms with E-state index in [0.717, 1.165) is 18.0 Å². The first-order valence-electron chi connectivity index (χ1n) is 8.12. The van der Waals surface area contributed by atoms with Crippen LogP contribution in [0.4, 0.5) is 0 Å². The largest absolute Gasteiger partial charge is 0.314 e. The molecule has 1 saturated carbocycles. The van der Waals surface area contributed by atoms with Crippen LogP contribution in [-0.2, 0) is 0 Å². The second-order valence-electron chi connectivity index (χ2n) is 6.16. The highest BCUT2D eigenvalue weighted by Gasteiger charge is 2.25. The first kappa shape index (κ1) is 16.0. The third-order valence-electron chi connectivity index (χ3n) is 4.68. The van der Waals surface area contributed by atoms with Crippen molar-refractivity contribution in [3.05, 3.63) is 0 Å². The summed E-state index contributed by atoms with van der Waals surface area (Å²) in [5.74, 6) is 0.859. The summed E-state index contributed by atoms with van der Waals surface area (Å²) in [7, 11) is 2.30. The Morgan fingerprint density at radius 3 is 2.56 bits per heavy atom. The van der Waals surface area contributed by atoms with Crippen LogP contribution in [0.25, 0.3) is 0 Å². The van der Waals surface area contributed by atoms with Gasteiger partial charge >= 0.3 is 0 Å². The Bertz CT molecular complexity index is 205. The molecule has 0 aliphatic heterocycles. The van der Waals surface area contributed by atoms with E-state index in [1.807, 2.05) is 0 Å². The van der Waals surface area contributed by atoms with E-state index < -0.39 is 0 Å².